The van der Waals surface area contributed by atoms with E-state index in [1.165, 1.54) is 57.8 Å². The van der Waals surface area contributed by atoms with Crippen LogP contribution in [-0.2, 0) is 9.53 Å². The summed E-state index contributed by atoms with van der Waals surface area (Å²) in [6.45, 7) is 0.827. The second kappa shape index (κ2) is 5.68. The molecule has 2 heteroatoms. The van der Waals surface area contributed by atoms with Crippen LogP contribution in [0.5, 0.6) is 0 Å². The van der Waals surface area contributed by atoms with Crippen LogP contribution in [0.2, 0.25) is 0 Å². The van der Waals surface area contributed by atoms with Crippen LogP contribution < -0.4 is 0 Å². The van der Waals surface area contributed by atoms with Gasteiger partial charge in [-0.1, -0.05) is 25.7 Å². The Hall–Kier alpha value is -0.370. The van der Waals surface area contributed by atoms with E-state index in [4.69, 9.17) is 4.74 Å². The number of carbonyl (C=O) groups is 1. The summed E-state index contributed by atoms with van der Waals surface area (Å²) >= 11 is 0. The lowest BCUT2D eigenvalue weighted by Gasteiger charge is -2.43. The van der Waals surface area contributed by atoms with Gasteiger partial charge in [0, 0.05) is 18.9 Å². The molecule has 4 unspecified atom stereocenters. The Bertz CT molecular complexity index is 391. The Morgan fingerprint density at radius 2 is 1.90 bits per heavy atom. The van der Waals surface area contributed by atoms with E-state index >= 15 is 0 Å². The van der Waals surface area contributed by atoms with Gasteiger partial charge in [-0.2, -0.15) is 0 Å². The molecule has 2 nitrogen and oxygen atoms in total. The number of fused-ring (bicyclic) bond motifs is 2. The molecule has 1 heterocycles. The molecule has 4 aliphatic rings. The predicted molar refractivity (Wildman–Crippen MR) is 83.1 cm³/mol. The quantitative estimate of drug-likeness (QED) is 0.764. The lowest BCUT2D eigenvalue weighted by molar-refractivity contribution is -0.143. The third kappa shape index (κ3) is 2.81. The van der Waals surface area contributed by atoms with Crippen molar-refractivity contribution < 1.29 is 9.53 Å². The molecule has 0 N–H and O–H groups in total. The molecule has 1 saturated heterocycles. The van der Waals surface area contributed by atoms with Crippen LogP contribution in [0.15, 0.2) is 0 Å². The molecule has 3 aliphatic carbocycles. The fourth-order valence-corrected chi connectivity index (χ4v) is 5.90. The van der Waals surface area contributed by atoms with Crippen LogP contribution in [0, 0.1) is 23.7 Å². The van der Waals surface area contributed by atoms with E-state index in [0.717, 1.165) is 43.6 Å². The van der Waals surface area contributed by atoms with Gasteiger partial charge >= 0.3 is 0 Å². The van der Waals surface area contributed by atoms with Crippen molar-refractivity contribution in [2.75, 3.05) is 6.61 Å². The van der Waals surface area contributed by atoms with E-state index in [-0.39, 0.29) is 5.60 Å². The largest absolute Gasteiger partial charge is 0.375 e. The fraction of sp³-hybridized carbons (Fsp3) is 0.947. The first-order valence-corrected chi connectivity index (χ1v) is 9.41. The molecule has 1 spiro atoms. The molecule has 118 valence electrons. The maximum absolute atomic E-state index is 12.8. The molecule has 0 aromatic carbocycles. The summed E-state index contributed by atoms with van der Waals surface area (Å²) in [5.41, 5.74) is 0.0888. The van der Waals surface area contributed by atoms with Crippen molar-refractivity contribution in [2.45, 2.75) is 82.7 Å². The maximum Gasteiger partial charge on any atom is 0.136 e. The molecule has 21 heavy (non-hydrogen) atoms. The van der Waals surface area contributed by atoms with Gasteiger partial charge in [-0.3, -0.25) is 4.79 Å². The van der Waals surface area contributed by atoms with E-state index in [2.05, 4.69) is 0 Å². The van der Waals surface area contributed by atoms with Crippen LogP contribution in [-0.4, -0.2) is 18.0 Å². The van der Waals surface area contributed by atoms with Crippen LogP contribution >= 0.6 is 0 Å². The smallest absolute Gasteiger partial charge is 0.136 e. The Labute approximate surface area is 129 Å². The van der Waals surface area contributed by atoms with E-state index in [1.54, 1.807) is 0 Å². The monoisotopic (exact) mass is 290 g/mol. The van der Waals surface area contributed by atoms with Crippen molar-refractivity contribution in [3.63, 3.8) is 0 Å². The second-order valence-corrected chi connectivity index (χ2v) is 8.39. The first kappa shape index (κ1) is 14.2. The molecule has 4 rings (SSSR count). The van der Waals surface area contributed by atoms with Gasteiger partial charge < -0.3 is 4.74 Å². The molecule has 2 bridgehead atoms. The maximum atomic E-state index is 12.8. The van der Waals surface area contributed by atoms with Crippen LogP contribution in [0.1, 0.15) is 77.0 Å². The van der Waals surface area contributed by atoms with Crippen molar-refractivity contribution in [1.82, 2.24) is 0 Å². The SMILES string of the molecule is O=C(CC1CC2CCC1C2)C1CCOC2(CCCCC2)C1. The molecule has 0 aromatic rings. The van der Waals surface area contributed by atoms with Crippen LogP contribution in [0.25, 0.3) is 0 Å². The van der Waals surface area contributed by atoms with E-state index in [0.29, 0.717) is 11.7 Å². The molecule has 4 atom stereocenters. The fourth-order valence-electron chi connectivity index (χ4n) is 5.90. The normalized spacial score (nSPS) is 41.5. The zero-order valence-electron chi connectivity index (χ0n) is 13.3. The Morgan fingerprint density at radius 1 is 1.05 bits per heavy atom. The van der Waals surface area contributed by atoms with Gasteiger partial charge in [0.15, 0.2) is 0 Å². The zero-order valence-corrected chi connectivity index (χ0v) is 13.3. The predicted octanol–water partition coefficient (Wildman–Crippen LogP) is 4.51. The van der Waals surface area contributed by atoms with Gasteiger partial charge in [0.1, 0.15) is 5.78 Å². The molecular weight excluding hydrogens is 260 g/mol. The average Bonchev–Trinajstić information content (AvgIpc) is 3.11. The molecule has 4 fully saturated rings. The van der Waals surface area contributed by atoms with Crippen molar-refractivity contribution in [3.05, 3.63) is 0 Å². The van der Waals surface area contributed by atoms with E-state index in [9.17, 15) is 4.79 Å². The number of Topliss-reactive ketones (excluding diaryl/α,β-unsaturated/α-hetero) is 1. The molecule has 0 amide bonds. The third-order valence-electron chi connectivity index (χ3n) is 7.06. The van der Waals surface area contributed by atoms with Gasteiger partial charge in [-0.25, -0.2) is 0 Å². The van der Waals surface area contributed by atoms with Crippen LogP contribution in [0.4, 0.5) is 0 Å². The summed E-state index contributed by atoms with van der Waals surface area (Å²) in [4.78, 5) is 12.8. The summed E-state index contributed by atoms with van der Waals surface area (Å²) in [5, 5.41) is 0. The highest BCUT2D eigenvalue weighted by Gasteiger charge is 2.43. The molecule has 0 radical (unpaired) electrons. The lowest BCUT2D eigenvalue weighted by atomic mass is 9.73. The molecule has 1 aliphatic heterocycles. The van der Waals surface area contributed by atoms with Gasteiger partial charge in [-0.15, -0.1) is 0 Å². The zero-order chi connectivity index (χ0) is 14.3. The van der Waals surface area contributed by atoms with E-state index < -0.39 is 0 Å². The summed E-state index contributed by atoms with van der Waals surface area (Å²) in [6, 6.07) is 0. The summed E-state index contributed by atoms with van der Waals surface area (Å²) < 4.78 is 6.15. The van der Waals surface area contributed by atoms with Crippen molar-refractivity contribution in [2.24, 2.45) is 23.7 Å². The molecular formula is C19H30O2. The van der Waals surface area contributed by atoms with Crippen LogP contribution in [0.3, 0.4) is 0 Å². The highest BCUT2D eigenvalue weighted by Crippen LogP contribution is 2.50. The number of ketones is 1. The Morgan fingerprint density at radius 3 is 2.62 bits per heavy atom. The minimum absolute atomic E-state index is 0.0888. The van der Waals surface area contributed by atoms with Gasteiger partial charge in [0.25, 0.3) is 0 Å². The van der Waals surface area contributed by atoms with Gasteiger partial charge in [-0.05, 0) is 62.7 Å². The highest BCUT2D eigenvalue weighted by atomic mass is 16.5. The number of hydrogen-bond acceptors (Lipinski definition) is 2. The minimum atomic E-state index is 0.0888. The topological polar surface area (TPSA) is 26.3 Å². The number of rotatable bonds is 3. The van der Waals surface area contributed by atoms with Crippen molar-refractivity contribution in [1.29, 1.82) is 0 Å². The molecule has 3 saturated carbocycles. The number of ether oxygens (including phenoxy) is 1. The minimum Gasteiger partial charge on any atom is -0.375 e. The second-order valence-electron chi connectivity index (χ2n) is 8.39. The summed E-state index contributed by atoms with van der Waals surface area (Å²) in [5.74, 6) is 3.49. The third-order valence-corrected chi connectivity index (χ3v) is 7.06. The highest BCUT2D eigenvalue weighted by molar-refractivity contribution is 5.81. The van der Waals surface area contributed by atoms with Gasteiger partial charge in [0.05, 0.1) is 5.60 Å². The lowest BCUT2D eigenvalue weighted by Crippen LogP contribution is -2.43. The van der Waals surface area contributed by atoms with Crippen molar-refractivity contribution in [3.8, 4) is 0 Å². The first-order valence-electron chi connectivity index (χ1n) is 9.41. The Kier molecular flexibility index (Phi) is 3.85. The van der Waals surface area contributed by atoms with E-state index in [1.807, 2.05) is 0 Å². The Balaban J connectivity index is 1.35. The summed E-state index contributed by atoms with van der Waals surface area (Å²) in [7, 11) is 0. The number of carbonyl (C=O) groups excluding carboxylic acids is 1. The van der Waals surface area contributed by atoms with Crippen molar-refractivity contribution >= 4 is 5.78 Å². The summed E-state index contributed by atoms with van der Waals surface area (Å²) in [6.07, 6.45) is 14.9. The number of hydrogen-bond donors (Lipinski definition) is 0. The standard InChI is InChI=1S/C19H30O2/c20-18(12-17-11-14-4-5-15(17)10-14)16-6-9-21-19(13-16)7-2-1-3-8-19/h14-17H,1-13H2. The van der Waals surface area contributed by atoms with Gasteiger partial charge in [0.2, 0.25) is 0 Å². The first-order chi connectivity index (χ1) is 10.2. The molecule has 0 aromatic heterocycles. The average molecular weight is 290 g/mol.